The van der Waals surface area contributed by atoms with E-state index in [0.29, 0.717) is 11.4 Å². The molecule has 0 spiro atoms. The highest BCUT2D eigenvalue weighted by atomic mass is 127. The summed E-state index contributed by atoms with van der Waals surface area (Å²) in [6, 6.07) is 5.14. The first kappa shape index (κ1) is 18.5. The van der Waals surface area contributed by atoms with Crippen molar-refractivity contribution < 1.29 is 38.4 Å². The number of nitrogens with one attached hydrogen (secondary N) is 2. The molecule has 5 N–H and O–H groups in total. The van der Waals surface area contributed by atoms with Crippen molar-refractivity contribution in [1.29, 1.82) is 0 Å². The van der Waals surface area contributed by atoms with Crippen LogP contribution >= 0.6 is 11.8 Å². The first-order valence-corrected chi connectivity index (χ1v) is 7.04. The number of halogens is 1. The fourth-order valence-corrected chi connectivity index (χ4v) is 2.46. The lowest BCUT2D eigenvalue weighted by atomic mass is 10.2. The van der Waals surface area contributed by atoms with Crippen LogP contribution in [-0.2, 0) is 12.8 Å². The molecule has 2 aromatic heterocycles. The maximum absolute atomic E-state index is 11.6. The molecule has 22 heavy (non-hydrogen) atoms. The molecular formula is C13H15IN4O3S. The Balaban J connectivity index is 0.00000242. The van der Waals surface area contributed by atoms with Crippen LogP contribution < -0.4 is 45.2 Å². The predicted molar refractivity (Wildman–Crippen MR) is 77.6 cm³/mol. The normalized spacial score (nSPS) is 9.91. The molecular weight excluding hydrogens is 419 g/mol. The van der Waals surface area contributed by atoms with Gasteiger partial charge in [-0.05, 0) is 0 Å². The second-order valence-corrected chi connectivity index (χ2v) is 5.39. The van der Waals surface area contributed by atoms with Gasteiger partial charge in [-0.1, -0.05) is 0 Å². The van der Waals surface area contributed by atoms with Gasteiger partial charge in [-0.25, -0.2) is 10.4 Å². The van der Waals surface area contributed by atoms with Crippen LogP contribution in [0.4, 0.5) is 0 Å². The molecule has 0 saturated carbocycles. The van der Waals surface area contributed by atoms with Gasteiger partial charge >= 0.3 is 0 Å². The molecule has 0 aromatic carbocycles. The van der Waals surface area contributed by atoms with E-state index < -0.39 is 17.1 Å². The maximum atomic E-state index is 11.6. The number of aromatic amines is 1. The number of hydrazine groups is 1. The van der Waals surface area contributed by atoms with E-state index in [4.69, 9.17) is 5.84 Å². The maximum Gasteiger partial charge on any atom is 0.285 e. The van der Waals surface area contributed by atoms with E-state index >= 15 is 0 Å². The molecule has 0 atom stereocenters. The molecule has 0 aliphatic rings. The summed E-state index contributed by atoms with van der Waals surface area (Å²) in [5.74, 6) is 4.08. The predicted octanol–water partition coefficient (Wildman–Crippen LogP) is -3.20. The third kappa shape index (κ3) is 4.45. The van der Waals surface area contributed by atoms with Crippen molar-refractivity contribution in [3.05, 3.63) is 52.2 Å². The van der Waals surface area contributed by atoms with Crippen molar-refractivity contribution in [1.82, 2.24) is 10.4 Å². The summed E-state index contributed by atoms with van der Waals surface area (Å²) >= 11 is 1.50. The molecule has 0 unspecified atom stereocenters. The SMILES string of the molecule is C[n+]1ccc(SCc2cc(=O)c(O)c(C(=O)NN)[nH]2)cc1.[I-]. The zero-order valence-corrected chi connectivity index (χ0v) is 14.6. The summed E-state index contributed by atoms with van der Waals surface area (Å²) in [5.41, 5.74) is 1.54. The number of nitrogens with zero attached hydrogens (tertiary/aromatic N) is 1. The molecule has 1 amide bonds. The Morgan fingerprint density at radius 3 is 2.68 bits per heavy atom. The van der Waals surface area contributed by atoms with E-state index in [1.54, 1.807) is 0 Å². The molecule has 2 heterocycles. The van der Waals surface area contributed by atoms with Crippen molar-refractivity contribution in [2.45, 2.75) is 10.6 Å². The number of hydrogen-bond donors (Lipinski definition) is 4. The lowest BCUT2D eigenvalue weighted by Crippen LogP contribution is -3.00. The Morgan fingerprint density at radius 2 is 2.09 bits per heavy atom. The van der Waals surface area contributed by atoms with Gasteiger partial charge in [-0.2, -0.15) is 0 Å². The zero-order valence-electron chi connectivity index (χ0n) is 11.7. The minimum Gasteiger partial charge on any atom is -1.00 e. The first-order chi connectivity index (χ1) is 10.0. The average Bonchev–Trinajstić information content (AvgIpc) is 2.49. The number of carbonyl (C=O) groups excluding carboxylic acids is 1. The second-order valence-electron chi connectivity index (χ2n) is 4.34. The largest absolute Gasteiger partial charge is 1.00 e. The number of rotatable bonds is 4. The van der Waals surface area contributed by atoms with Crippen molar-refractivity contribution in [3.63, 3.8) is 0 Å². The third-order valence-electron chi connectivity index (χ3n) is 2.76. The fourth-order valence-electron chi connectivity index (χ4n) is 1.66. The molecule has 0 bridgehead atoms. The summed E-state index contributed by atoms with van der Waals surface area (Å²) in [4.78, 5) is 26.8. The summed E-state index contributed by atoms with van der Waals surface area (Å²) in [6.07, 6.45) is 3.82. The van der Waals surface area contributed by atoms with Gasteiger partial charge in [-0.3, -0.25) is 15.0 Å². The van der Waals surface area contributed by atoms with Crippen LogP contribution in [0.2, 0.25) is 0 Å². The van der Waals surface area contributed by atoms with Crippen LogP contribution in [0, 0.1) is 0 Å². The Labute approximate surface area is 147 Å². The topological polar surface area (TPSA) is 112 Å². The van der Waals surface area contributed by atoms with Crippen molar-refractivity contribution in [3.8, 4) is 5.75 Å². The van der Waals surface area contributed by atoms with Crippen LogP contribution in [0.1, 0.15) is 16.2 Å². The first-order valence-electron chi connectivity index (χ1n) is 6.05. The molecule has 7 nitrogen and oxygen atoms in total. The number of H-pyrrole nitrogens is 1. The number of amides is 1. The van der Waals surface area contributed by atoms with Gasteiger partial charge in [0.1, 0.15) is 7.05 Å². The number of hydrogen-bond acceptors (Lipinski definition) is 5. The molecule has 2 rings (SSSR count). The van der Waals surface area contributed by atoms with Crippen LogP contribution in [0.15, 0.2) is 40.3 Å². The minimum atomic E-state index is -0.747. The van der Waals surface area contributed by atoms with E-state index in [-0.39, 0.29) is 29.7 Å². The average molecular weight is 434 g/mol. The van der Waals surface area contributed by atoms with Gasteiger partial charge in [0, 0.05) is 34.5 Å². The van der Waals surface area contributed by atoms with Crippen molar-refractivity contribution in [2.24, 2.45) is 12.9 Å². The van der Waals surface area contributed by atoms with Gasteiger partial charge in [0.2, 0.25) is 5.43 Å². The Kier molecular flexibility index (Phi) is 6.84. The molecule has 0 aliphatic heterocycles. The summed E-state index contributed by atoms with van der Waals surface area (Å²) in [5, 5.41) is 9.57. The highest BCUT2D eigenvalue weighted by Gasteiger charge is 2.15. The summed E-state index contributed by atoms with van der Waals surface area (Å²) < 4.78 is 1.91. The van der Waals surface area contributed by atoms with Gasteiger partial charge in [0.05, 0.1) is 0 Å². The number of aromatic hydroxyl groups is 1. The number of nitrogen functional groups attached to an aromatic ring is 1. The van der Waals surface area contributed by atoms with E-state index in [1.165, 1.54) is 17.8 Å². The smallest absolute Gasteiger partial charge is 0.285 e. The van der Waals surface area contributed by atoms with Crippen molar-refractivity contribution in [2.75, 3.05) is 0 Å². The van der Waals surface area contributed by atoms with Crippen molar-refractivity contribution >= 4 is 17.7 Å². The number of carbonyl (C=O) groups is 1. The minimum absolute atomic E-state index is 0. The lowest BCUT2D eigenvalue weighted by Gasteiger charge is -2.07. The number of thioether (sulfide) groups is 1. The molecule has 9 heteroatoms. The monoisotopic (exact) mass is 434 g/mol. The third-order valence-corrected chi connectivity index (χ3v) is 3.82. The molecule has 118 valence electrons. The molecule has 0 saturated heterocycles. The van der Waals surface area contributed by atoms with E-state index in [0.717, 1.165) is 4.90 Å². The standard InChI is InChI=1S/C13H14N4O3S.HI/c1-17-4-2-9(3-5-17)21-7-8-6-10(18)12(19)11(15-8)13(20)16-14;/h2-6H,7H2,1H3,(H4-,14,15,16,18,19,20);1H. The lowest BCUT2D eigenvalue weighted by molar-refractivity contribution is -0.671. The number of aromatic nitrogens is 2. The van der Waals surface area contributed by atoms with Gasteiger partial charge in [0.25, 0.3) is 5.91 Å². The van der Waals surface area contributed by atoms with Crippen LogP contribution in [0.3, 0.4) is 0 Å². The molecule has 0 fully saturated rings. The summed E-state index contributed by atoms with van der Waals surface area (Å²) in [7, 11) is 1.92. The highest BCUT2D eigenvalue weighted by Crippen LogP contribution is 2.21. The van der Waals surface area contributed by atoms with Gasteiger partial charge in [-0.15, -0.1) is 11.8 Å². The quantitative estimate of drug-likeness (QED) is 0.101. The summed E-state index contributed by atoms with van der Waals surface area (Å²) in [6.45, 7) is 0. The van der Waals surface area contributed by atoms with E-state index in [9.17, 15) is 14.7 Å². The van der Waals surface area contributed by atoms with E-state index in [1.807, 2.05) is 41.6 Å². The highest BCUT2D eigenvalue weighted by molar-refractivity contribution is 7.98. The molecule has 0 aliphatic carbocycles. The Bertz CT molecular complexity index is 718. The Hall–Kier alpha value is -1.59. The van der Waals surface area contributed by atoms with Gasteiger partial charge in [0.15, 0.2) is 23.8 Å². The molecule has 0 radical (unpaired) electrons. The molecule has 2 aromatic rings. The van der Waals surface area contributed by atoms with Gasteiger partial charge < -0.3 is 34.1 Å². The second kappa shape index (κ2) is 8.15. The fraction of sp³-hybridized carbons (Fsp3) is 0.154. The van der Waals surface area contributed by atoms with Crippen LogP contribution in [0.25, 0.3) is 0 Å². The zero-order chi connectivity index (χ0) is 15.4. The number of pyridine rings is 2. The van der Waals surface area contributed by atoms with Crippen LogP contribution in [-0.4, -0.2) is 16.0 Å². The number of aryl methyl sites for hydroxylation is 1. The van der Waals surface area contributed by atoms with Crippen LogP contribution in [0.5, 0.6) is 5.75 Å². The van der Waals surface area contributed by atoms with E-state index in [2.05, 4.69) is 4.98 Å². The Morgan fingerprint density at radius 1 is 1.45 bits per heavy atom. The number of nitrogens with two attached hydrogens (primary N) is 1.